The van der Waals surface area contributed by atoms with Crippen molar-refractivity contribution in [2.24, 2.45) is 0 Å². The van der Waals surface area contributed by atoms with Gasteiger partial charge >= 0.3 is 124 Å². The average Bonchev–Trinajstić information content (AvgIpc) is 2.37. The van der Waals surface area contributed by atoms with Gasteiger partial charge in [0.1, 0.15) is 0 Å². The Morgan fingerprint density at radius 3 is 2.00 bits per heavy atom. The molecule has 0 rings (SSSR count). The Labute approximate surface area is 124 Å². The predicted octanol–water partition coefficient (Wildman–Crippen LogP) is 5.45. The van der Waals surface area contributed by atoms with Crippen LogP contribution in [0.15, 0.2) is 12.2 Å². The molecule has 0 aliphatic rings. The first-order valence-electron chi connectivity index (χ1n) is 7.90. The fraction of sp³-hybridized carbons (Fsp3) is 0.812. The Morgan fingerprint density at radius 1 is 0.947 bits per heavy atom. The Kier molecular flexibility index (Phi) is 10.8. The molecular formula is C16H32O2Sn. The third kappa shape index (κ3) is 8.01. The average molecular weight is 375 g/mol. The van der Waals surface area contributed by atoms with Gasteiger partial charge in [-0.05, 0) is 0 Å². The van der Waals surface area contributed by atoms with E-state index in [0.717, 1.165) is 6.42 Å². The maximum atomic E-state index is 12.0. The van der Waals surface area contributed by atoms with Crippen LogP contribution in [0.5, 0.6) is 0 Å². The van der Waals surface area contributed by atoms with Crippen LogP contribution in [-0.4, -0.2) is 24.8 Å². The first kappa shape index (κ1) is 19.0. The minimum atomic E-state index is -2.73. The number of rotatable bonds is 11. The fourth-order valence-corrected chi connectivity index (χ4v) is 15.1. The molecule has 0 radical (unpaired) electrons. The number of hydrogen-bond donors (Lipinski definition) is 0. The van der Waals surface area contributed by atoms with Crippen LogP contribution in [0.25, 0.3) is 0 Å². The summed E-state index contributed by atoms with van der Waals surface area (Å²) in [5.74, 6) is -0.128. The molecule has 0 amide bonds. The molecule has 0 aromatic carbocycles. The van der Waals surface area contributed by atoms with Gasteiger partial charge < -0.3 is 0 Å². The first-order chi connectivity index (χ1) is 9.01. The van der Waals surface area contributed by atoms with Gasteiger partial charge in [0.2, 0.25) is 0 Å². The molecule has 0 aromatic rings. The van der Waals surface area contributed by atoms with Gasteiger partial charge in [0.15, 0.2) is 0 Å². The van der Waals surface area contributed by atoms with Gasteiger partial charge in [0.05, 0.1) is 0 Å². The normalized spacial score (nSPS) is 13.9. The molecule has 0 saturated heterocycles. The van der Waals surface area contributed by atoms with E-state index in [4.69, 9.17) is 3.07 Å². The molecule has 0 aromatic heterocycles. The van der Waals surface area contributed by atoms with Crippen LogP contribution >= 0.6 is 0 Å². The fourth-order valence-electron chi connectivity index (χ4n) is 2.46. The molecule has 1 unspecified atom stereocenters. The summed E-state index contributed by atoms with van der Waals surface area (Å²) in [5, 5.41) is 0. The summed E-state index contributed by atoms with van der Waals surface area (Å²) >= 11 is -2.73. The van der Waals surface area contributed by atoms with Crippen molar-refractivity contribution in [3.8, 4) is 0 Å². The molecule has 1 atom stereocenters. The van der Waals surface area contributed by atoms with Crippen molar-refractivity contribution < 1.29 is 7.87 Å². The van der Waals surface area contributed by atoms with Crippen LogP contribution in [0, 0.1) is 0 Å². The number of carbonyl (C=O) groups is 1. The van der Waals surface area contributed by atoms with Crippen molar-refractivity contribution in [1.29, 1.82) is 0 Å². The molecule has 0 N–H and O–H groups in total. The third-order valence-electron chi connectivity index (χ3n) is 3.59. The molecular weight excluding hydrogens is 343 g/mol. The van der Waals surface area contributed by atoms with Crippen LogP contribution in [0.2, 0.25) is 13.3 Å². The van der Waals surface area contributed by atoms with E-state index in [2.05, 4.69) is 27.4 Å². The van der Waals surface area contributed by atoms with Gasteiger partial charge in [-0.25, -0.2) is 0 Å². The van der Waals surface area contributed by atoms with Gasteiger partial charge in [0.25, 0.3) is 0 Å². The molecule has 0 heterocycles. The molecule has 0 aliphatic heterocycles. The second-order valence-electron chi connectivity index (χ2n) is 5.66. The molecule has 0 fully saturated rings. The Bertz CT molecular complexity index is 276. The van der Waals surface area contributed by atoms with Crippen molar-refractivity contribution in [3.63, 3.8) is 0 Å². The molecule has 2 nitrogen and oxygen atoms in total. The Balaban J connectivity index is 4.78. The maximum absolute atomic E-state index is 12.0. The van der Waals surface area contributed by atoms with Crippen molar-refractivity contribution in [2.45, 2.75) is 79.5 Å². The summed E-state index contributed by atoms with van der Waals surface area (Å²) in [5.41, 5.74) is 0.559. The third-order valence-corrected chi connectivity index (χ3v) is 16.6. The zero-order valence-corrected chi connectivity index (χ0v) is 16.2. The molecule has 0 bridgehead atoms. The molecule has 3 heteroatoms. The summed E-state index contributed by atoms with van der Waals surface area (Å²) in [6.07, 6.45) is 7.29. The Hall–Kier alpha value is 0.00870. The van der Waals surface area contributed by atoms with E-state index in [-0.39, 0.29) is 5.97 Å². The van der Waals surface area contributed by atoms with Gasteiger partial charge in [-0.1, -0.05) is 0 Å². The van der Waals surface area contributed by atoms with E-state index >= 15 is 0 Å². The first-order valence-corrected chi connectivity index (χ1v) is 15.1. The van der Waals surface area contributed by atoms with Gasteiger partial charge in [-0.15, -0.1) is 0 Å². The van der Waals surface area contributed by atoms with Gasteiger partial charge in [0, 0.05) is 0 Å². The topological polar surface area (TPSA) is 26.3 Å². The zero-order valence-electron chi connectivity index (χ0n) is 13.4. The van der Waals surface area contributed by atoms with E-state index in [1.54, 1.807) is 6.92 Å². The van der Waals surface area contributed by atoms with Crippen LogP contribution in [0.4, 0.5) is 0 Å². The number of carbonyl (C=O) groups excluding carboxylic acids is 1. The summed E-state index contributed by atoms with van der Waals surface area (Å²) in [6.45, 7) is 12.2. The van der Waals surface area contributed by atoms with E-state index in [1.807, 2.05) is 0 Å². The van der Waals surface area contributed by atoms with E-state index < -0.39 is 18.8 Å². The molecule has 0 saturated carbocycles. The number of unbranched alkanes of at least 4 members (excludes halogenated alkanes) is 3. The molecule has 0 aliphatic carbocycles. The van der Waals surface area contributed by atoms with Crippen LogP contribution < -0.4 is 0 Å². The van der Waals surface area contributed by atoms with Crippen molar-refractivity contribution in [2.75, 3.05) is 0 Å². The van der Waals surface area contributed by atoms with E-state index in [9.17, 15) is 4.79 Å². The second-order valence-corrected chi connectivity index (χ2v) is 17.3. The number of hydrogen-bond acceptors (Lipinski definition) is 2. The quantitative estimate of drug-likeness (QED) is 0.273. The summed E-state index contributed by atoms with van der Waals surface area (Å²) in [4.78, 5) is 12.0. The van der Waals surface area contributed by atoms with Crippen LogP contribution in [0.1, 0.15) is 66.2 Å². The summed E-state index contributed by atoms with van der Waals surface area (Å²) in [6, 6.07) is 0. The van der Waals surface area contributed by atoms with Crippen LogP contribution in [0.3, 0.4) is 0 Å². The monoisotopic (exact) mass is 376 g/mol. The SMILES string of the molecule is C=C(C)C(=O)[O][Sn]([CH2]CC)([CH2]CCC)[CH2]CCCC. The van der Waals surface area contributed by atoms with Crippen molar-refractivity contribution >= 4 is 24.8 Å². The van der Waals surface area contributed by atoms with Gasteiger partial charge in [-0.3, -0.25) is 0 Å². The van der Waals surface area contributed by atoms with Crippen molar-refractivity contribution in [3.05, 3.63) is 12.2 Å². The van der Waals surface area contributed by atoms with E-state index in [1.165, 1.54) is 45.4 Å². The Morgan fingerprint density at radius 2 is 1.53 bits per heavy atom. The summed E-state index contributed by atoms with van der Waals surface area (Å²) in [7, 11) is 0. The standard InChI is InChI=1S/C5H11.C4H6O2.C4H9.C3H7.Sn/c1-3-5-4-2;1-3(2)4(5)6;1-3-4-2;1-3-2;/h1,3-5H2,2H3;1H2,2H3,(H,5,6);1,3-4H2,2H3;1,3H2,2H3;/q;;;;+1/p-1. The molecule has 19 heavy (non-hydrogen) atoms. The van der Waals surface area contributed by atoms with Crippen LogP contribution in [-0.2, 0) is 7.87 Å². The predicted molar refractivity (Wildman–Crippen MR) is 85.8 cm³/mol. The van der Waals surface area contributed by atoms with E-state index in [0.29, 0.717) is 5.57 Å². The minimum absolute atomic E-state index is 0.128. The zero-order chi connectivity index (χ0) is 14.7. The molecule has 0 spiro atoms. The van der Waals surface area contributed by atoms with Crippen molar-refractivity contribution in [1.82, 2.24) is 0 Å². The van der Waals surface area contributed by atoms with Gasteiger partial charge in [-0.2, -0.15) is 0 Å². The second kappa shape index (κ2) is 10.8. The summed E-state index contributed by atoms with van der Waals surface area (Å²) < 4.78 is 9.64. The molecule has 112 valence electrons.